The minimum atomic E-state index is -0.139. The SMILES string of the molecule is C[C@@H]1CCC[C@H](C)N1CCCCCN1C(=O)C(Cc2cccc(C(=N)N)n2)Cc2ccccc21. The van der Waals surface area contributed by atoms with Crippen molar-refractivity contribution in [3.05, 3.63) is 59.4 Å². The second kappa shape index (κ2) is 11.1. The molecular weight excluding hydrogens is 422 g/mol. The van der Waals surface area contributed by atoms with E-state index in [9.17, 15) is 4.79 Å². The third-order valence-electron chi connectivity index (χ3n) is 7.58. The van der Waals surface area contributed by atoms with Crippen molar-refractivity contribution in [1.82, 2.24) is 9.88 Å². The van der Waals surface area contributed by atoms with Gasteiger partial charge in [0.1, 0.15) is 11.5 Å². The molecule has 6 nitrogen and oxygen atoms in total. The monoisotopic (exact) mass is 461 g/mol. The predicted molar refractivity (Wildman–Crippen MR) is 138 cm³/mol. The number of amides is 1. The molecule has 2 aliphatic rings. The number of aromatic nitrogens is 1. The van der Waals surface area contributed by atoms with E-state index >= 15 is 0 Å². The summed E-state index contributed by atoms with van der Waals surface area (Å²) >= 11 is 0. The molecule has 0 saturated carbocycles. The van der Waals surface area contributed by atoms with Crippen LogP contribution >= 0.6 is 0 Å². The summed E-state index contributed by atoms with van der Waals surface area (Å²) < 4.78 is 0. The summed E-state index contributed by atoms with van der Waals surface area (Å²) in [5, 5.41) is 7.65. The molecule has 3 atom stereocenters. The number of pyridine rings is 1. The normalized spacial score (nSPS) is 23.1. The molecule has 0 aliphatic carbocycles. The fourth-order valence-corrected chi connectivity index (χ4v) is 5.68. The van der Waals surface area contributed by atoms with Crippen LogP contribution in [-0.4, -0.2) is 46.8 Å². The predicted octanol–water partition coefficient (Wildman–Crippen LogP) is 4.55. The number of hydrogen-bond acceptors (Lipinski definition) is 4. The maximum Gasteiger partial charge on any atom is 0.230 e. The lowest BCUT2D eigenvalue weighted by Crippen LogP contribution is -2.44. The van der Waals surface area contributed by atoms with Gasteiger partial charge in [-0.05, 0) is 76.3 Å². The first-order chi connectivity index (χ1) is 16.4. The van der Waals surface area contributed by atoms with Crippen molar-refractivity contribution in [2.75, 3.05) is 18.0 Å². The summed E-state index contributed by atoms with van der Waals surface area (Å²) in [7, 11) is 0. The molecule has 1 unspecified atom stereocenters. The number of amidine groups is 1. The van der Waals surface area contributed by atoms with Crippen LogP contribution in [0.25, 0.3) is 0 Å². The fourth-order valence-electron chi connectivity index (χ4n) is 5.68. The average molecular weight is 462 g/mol. The van der Waals surface area contributed by atoms with Crippen molar-refractivity contribution in [3.63, 3.8) is 0 Å². The average Bonchev–Trinajstić information content (AvgIpc) is 2.82. The molecule has 1 saturated heterocycles. The van der Waals surface area contributed by atoms with Crippen LogP contribution in [0.3, 0.4) is 0 Å². The zero-order valence-corrected chi connectivity index (χ0v) is 20.7. The van der Waals surface area contributed by atoms with E-state index in [2.05, 4.69) is 41.9 Å². The third kappa shape index (κ3) is 5.66. The number of anilines is 1. The number of hydrogen-bond donors (Lipinski definition) is 2. The molecule has 3 N–H and O–H groups in total. The highest BCUT2D eigenvalue weighted by Crippen LogP contribution is 2.32. The Balaban J connectivity index is 1.37. The van der Waals surface area contributed by atoms with E-state index < -0.39 is 0 Å². The highest BCUT2D eigenvalue weighted by molar-refractivity contribution is 5.98. The highest BCUT2D eigenvalue weighted by Gasteiger charge is 2.32. The number of piperidine rings is 1. The zero-order chi connectivity index (χ0) is 24.1. The van der Waals surface area contributed by atoms with Gasteiger partial charge in [0.15, 0.2) is 0 Å². The molecule has 1 aromatic carbocycles. The van der Waals surface area contributed by atoms with Gasteiger partial charge in [-0.3, -0.25) is 15.1 Å². The molecule has 1 fully saturated rings. The molecule has 182 valence electrons. The van der Waals surface area contributed by atoms with Gasteiger partial charge < -0.3 is 10.6 Å². The van der Waals surface area contributed by atoms with Gasteiger partial charge in [0.05, 0.1) is 0 Å². The number of rotatable bonds is 9. The van der Waals surface area contributed by atoms with E-state index in [1.54, 1.807) is 6.07 Å². The number of para-hydroxylation sites is 1. The first kappa shape index (κ1) is 24.4. The molecule has 3 heterocycles. The van der Waals surface area contributed by atoms with Crippen LogP contribution in [-0.2, 0) is 17.6 Å². The van der Waals surface area contributed by atoms with Crippen molar-refractivity contribution < 1.29 is 4.79 Å². The molecule has 2 aliphatic heterocycles. The summed E-state index contributed by atoms with van der Waals surface area (Å²) in [5.74, 6) is 0.00351. The summed E-state index contributed by atoms with van der Waals surface area (Å²) in [6.45, 7) is 6.65. The summed E-state index contributed by atoms with van der Waals surface area (Å²) in [6, 6.07) is 15.2. The maximum absolute atomic E-state index is 13.5. The third-order valence-corrected chi connectivity index (χ3v) is 7.58. The van der Waals surface area contributed by atoms with Crippen molar-refractivity contribution in [3.8, 4) is 0 Å². The van der Waals surface area contributed by atoms with Gasteiger partial charge >= 0.3 is 0 Å². The standard InChI is InChI=1S/C28H39N5O/c1-20-10-8-11-21(2)32(20)16-6-3-7-17-33-26-15-5-4-12-22(26)18-23(28(33)34)19-24-13-9-14-25(31-24)27(29)30/h4-5,9,12-15,20-21,23H,3,6-8,10-11,16-19H2,1-2H3,(H3,29,30)/t20-,21+,23?. The maximum atomic E-state index is 13.5. The Kier molecular flexibility index (Phi) is 7.99. The van der Waals surface area contributed by atoms with E-state index in [0.29, 0.717) is 24.2 Å². The van der Waals surface area contributed by atoms with Gasteiger partial charge in [0.2, 0.25) is 5.91 Å². The number of nitrogen functional groups attached to an aromatic ring is 1. The molecule has 34 heavy (non-hydrogen) atoms. The van der Waals surface area contributed by atoms with E-state index in [-0.39, 0.29) is 17.7 Å². The number of nitrogens with one attached hydrogen (secondary N) is 1. The smallest absolute Gasteiger partial charge is 0.230 e. The second-order valence-electron chi connectivity index (χ2n) is 10.1. The van der Waals surface area contributed by atoms with Crippen molar-refractivity contribution >= 4 is 17.4 Å². The van der Waals surface area contributed by atoms with E-state index in [0.717, 1.165) is 43.7 Å². The molecule has 1 amide bonds. The number of benzene rings is 1. The number of nitrogens with zero attached hydrogens (tertiary/aromatic N) is 3. The summed E-state index contributed by atoms with van der Waals surface area (Å²) in [4.78, 5) is 22.7. The van der Waals surface area contributed by atoms with Gasteiger partial charge in [-0.15, -0.1) is 0 Å². The first-order valence-electron chi connectivity index (χ1n) is 12.9. The van der Waals surface area contributed by atoms with Gasteiger partial charge in [-0.1, -0.05) is 37.1 Å². The number of fused-ring (bicyclic) bond motifs is 1. The van der Waals surface area contributed by atoms with Crippen LogP contribution in [0, 0.1) is 11.3 Å². The number of unbranched alkanes of at least 4 members (excludes halogenated alkanes) is 2. The quantitative estimate of drug-likeness (QED) is 0.326. The highest BCUT2D eigenvalue weighted by atomic mass is 16.2. The number of carbonyl (C=O) groups is 1. The Morgan fingerprint density at radius 1 is 1.03 bits per heavy atom. The van der Waals surface area contributed by atoms with Gasteiger partial charge in [0, 0.05) is 42.3 Å². The Hall–Kier alpha value is -2.73. The Morgan fingerprint density at radius 3 is 2.53 bits per heavy atom. The molecule has 0 radical (unpaired) electrons. The molecule has 0 spiro atoms. The lowest BCUT2D eigenvalue weighted by Gasteiger charge is -2.39. The number of carbonyl (C=O) groups excluding carboxylic acids is 1. The molecule has 4 rings (SSSR count). The van der Waals surface area contributed by atoms with Crippen LogP contribution < -0.4 is 10.6 Å². The Morgan fingerprint density at radius 2 is 1.76 bits per heavy atom. The summed E-state index contributed by atoms with van der Waals surface area (Å²) in [5.41, 5.74) is 9.19. The van der Waals surface area contributed by atoms with Gasteiger partial charge in [-0.2, -0.15) is 0 Å². The Labute approximate surface area is 204 Å². The Bertz CT molecular complexity index is 996. The van der Waals surface area contributed by atoms with Crippen molar-refractivity contribution in [2.24, 2.45) is 11.7 Å². The molecule has 2 aromatic rings. The van der Waals surface area contributed by atoms with E-state index in [1.807, 2.05) is 23.1 Å². The van der Waals surface area contributed by atoms with Crippen LogP contribution in [0.2, 0.25) is 0 Å². The minimum absolute atomic E-state index is 0.0443. The van der Waals surface area contributed by atoms with E-state index in [4.69, 9.17) is 11.1 Å². The molecule has 6 heteroatoms. The topological polar surface area (TPSA) is 86.3 Å². The van der Waals surface area contributed by atoms with Crippen molar-refractivity contribution in [1.29, 1.82) is 5.41 Å². The van der Waals surface area contributed by atoms with Crippen LogP contribution in [0.15, 0.2) is 42.5 Å². The van der Waals surface area contributed by atoms with Crippen LogP contribution in [0.5, 0.6) is 0 Å². The minimum Gasteiger partial charge on any atom is -0.382 e. The van der Waals surface area contributed by atoms with Gasteiger partial charge in [-0.25, -0.2) is 4.98 Å². The second-order valence-corrected chi connectivity index (χ2v) is 10.1. The van der Waals surface area contributed by atoms with Gasteiger partial charge in [0.25, 0.3) is 0 Å². The molecule has 0 bridgehead atoms. The van der Waals surface area contributed by atoms with Crippen LogP contribution in [0.4, 0.5) is 5.69 Å². The largest absolute Gasteiger partial charge is 0.382 e. The molecule has 1 aromatic heterocycles. The zero-order valence-electron chi connectivity index (χ0n) is 20.7. The van der Waals surface area contributed by atoms with Crippen molar-refractivity contribution in [2.45, 2.75) is 77.3 Å². The fraction of sp³-hybridized carbons (Fsp3) is 0.536. The lowest BCUT2D eigenvalue weighted by atomic mass is 9.88. The molecular formula is C28H39N5O. The first-order valence-corrected chi connectivity index (χ1v) is 12.9. The lowest BCUT2D eigenvalue weighted by molar-refractivity contribution is -0.122. The summed E-state index contributed by atoms with van der Waals surface area (Å²) in [6.07, 6.45) is 8.60. The number of likely N-dealkylation sites (tertiary alicyclic amines) is 1. The number of nitrogens with two attached hydrogens (primary N) is 1. The van der Waals surface area contributed by atoms with E-state index in [1.165, 1.54) is 31.2 Å². The van der Waals surface area contributed by atoms with Crippen LogP contribution in [0.1, 0.15) is 69.3 Å².